The summed E-state index contributed by atoms with van der Waals surface area (Å²) in [6, 6.07) is 9.41. The molecule has 0 aromatic heterocycles. The van der Waals surface area contributed by atoms with Gasteiger partial charge in [0.1, 0.15) is 0 Å². The van der Waals surface area contributed by atoms with Crippen LogP contribution >= 0.6 is 11.8 Å². The fourth-order valence-corrected chi connectivity index (χ4v) is 5.47. The molecule has 1 aromatic carbocycles. The van der Waals surface area contributed by atoms with Gasteiger partial charge >= 0.3 is 0 Å². The average Bonchev–Trinajstić information content (AvgIpc) is 2.85. The lowest BCUT2D eigenvalue weighted by Gasteiger charge is -2.38. The Bertz CT molecular complexity index is 464. The normalized spacial score (nSPS) is 36.9. The molecule has 3 heteroatoms. The number of ether oxygens (including phenoxy) is 1. The van der Waals surface area contributed by atoms with Crippen LogP contribution in [0.2, 0.25) is 0 Å². The first kappa shape index (κ1) is 14.4. The molecule has 20 heavy (non-hydrogen) atoms. The summed E-state index contributed by atoms with van der Waals surface area (Å²) in [6.45, 7) is 5.52. The standard InChI is InChI=1S/C17H25NOS/c1-11-10-16(20-15-8-9-19-12(15)2)17(18-3)14-7-5-4-6-13(11)14/h4-7,11-12,15-18H,8-10H2,1-3H3. The molecule has 0 saturated carbocycles. The number of fused-ring (bicyclic) bond motifs is 1. The molecule has 1 aliphatic heterocycles. The molecular formula is C17H25NOS. The van der Waals surface area contributed by atoms with Crippen molar-refractivity contribution in [3.05, 3.63) is 35.4 Å². The van der Waals surface area contributed by atoms with Gasteiger partial charge < -0.3 is 10.1 Å². The molecule has 1 saturated heterocycles. The Hall–Kier alpha value is -0.510. The van der Waals surface area contributed by atoms with E-state index in [0.717, 1.165) is 6.61 Å². The minimum absolute atomic E-state index is 0.407. The molecule has 110 valence electrons. The summed E-state index contributed by atoms with van der Waals surface area (Å²) < 4.78 is 5.73. The van der Waals surface area contributed by atoms with Gasteiger partial charge in [-0.1, -0.05) is 31.2 Å². The molecule has 5 unspecified atom stereocenters. The molecule has 2 aliphatic rings. The largest absolute Gasteiger partial charge is 0.377 e. The fraction of sp³-hybridized carbons (Fsp3) is 0.647. The minimum Gasteiger partial charge on any atom is -0.377 e. The van der Waals surface area contributed by atoms with E-state index in [0.29, 0.717) is 28.6 Å². The first-order valence-electron chi connectivity index (χ1n) is 7.74. The Morgan fingerprint density at radius 2 is 1.90 bits per heavy atom. The predicted molar refractivity (Wildman–Crippen MR) is 86.5 cm³/mol. The monoisotopic (exact) mass is 291 g/mol. The Balaban J connectivity index is 1.82. The van der Waals surface area contributed by atoms with Gasteiger partial charge in [0.25, 0.3) is 0 Å². The van der Waals surface area contributed by atoms with Gasteiger partial charge in [0, 0.05) is 23.1 Å². The van der Waals surface area contributed by atoms with Crippen molar-refractivity contribution in [2.75, 3.05) is 13.7 Å². The van der Waals surface area contributed by atoms with Crippen LogP contribution in [0.1, 0.15) is 49.8 Å². The number of rotatable bonds is 3. The van der Waals surface area contributed by atoms with E-state index in [9.17, 15) is 0 Å². The maximum atomic E-state index is 5.73. The molecule has 0 amide bonds. The summed E-state index contributed by atoms with van der Waals surface area (Å²) in [5.41, 5.74) is 3.03. The third-order valence-corrected chi connectivity index (χ3v) is 6.57. The third-order valence-electron chi connectivity index (χ3n) is 4.79. The van der Waals surface area contributed by atoms with Gasteiger partial charge in [-0.25, -0.2) is 0 Å². The highest BCUT2D eigenvalue weighted by Crippen LogP contribution is 2.45. The average molecular weight is 291 g/mol. The van der Waals surface area contributed by atoms with E-state index in [1.165, 1.54) is 24.0 Å². The summed E-state index contributed by atoms with van der Waals surface area (Å²) in [5, 5.41) is 4.87. The van der Waals surface area contributed by atoms with Crippen LogP contribution in [0.5, 0.6) is 0 Å². The van der Waals surface area contributed by atoms with E-state index in [-0.39, 0.29) is 0 Å². The highest BCUT2D eigenvalue weighted by Gasteiger charge is 2.36. The van der Waals surface area contributed by atoms with Gasteiger partial charge in [0.05, 0.1) is 6.10 Å². The van der Waals surface area contributed by atoms with Gasteiger partial charge in [-0.2, -0.15) is 11.8 Å². The first-order valence-corrected chi connectivity index (χ1v) is 8.68. The molecule has 5 atom stereocenters. The molecule has 2 nitrogen and oxygen atoms in total. The quantitative estimate of drug-likeness (QED) is 0.917. The molecule has 3 rings (SSSR count). The Morgan fingerprint density at radius 3 is 2.55 bits per heavy atom. The zero-order valence-electron chi connectivity index (χ0n) is 12.6. The lowest BCUT2D eigenvalue weighted by atomic mass is 9.81. The number of hydrogen-bond donors (Lipinski definition) is 1. The Labute approximate surface area is 126 Å². The van der Waals surface area contributed by atoms with Crippen LogP contribution in [-0.2, 0) is 4.74 Å². The highest BCUT2D eigenvalue weighted by molar-refractivity contribution is 8.00. The van der Waals surface area contributed by atoms with Gasteiger partial charge in [-0.3, -0.25) is 0 Å². The molecule has 1 aromatic rings. The van der Waals surface area contributed by atoms with Crippen molar-refractivity contribution >= 4 is 11.8 Å². The number of benzene rings is 1. The first-order chi connectivity index (χ1) is 9.70. The maximum absolute atomic E-state index is 5.73. The minimum atomic E-state index is 0.407. The zero-order chi connectivity index (χ0) is 14.1. The number of thioether (sulfide) groups is 1. The summed E-state index contributed by atoms with van der Waals surface area (Å²) in [7, 11) is 2.10. The third kappa shape index (κ3) is 2.63. The van der Waals surface area contributed by atoms with Gasteiger partial charge in [-0.05, 0) is 43.9 Å². The molecule has 0 radical (unpaired) electrons. The van der Waals surface area contributed by atoms with E-state index in [1.54, 1.807) is 0 Å². The highest BCUT2D eigenvalue weighted by atomic mass is 32.2. The van der Waals surface area contributed by atoms with Crippen LogP contribution in [0.15, 0.2) is 24.3 Å². The Kier molecular flexibility index (Phi) is 4.39. The smallest absolute Gasteiger partial charge is 0.0666 e. The number of nitrogens with one attached hydrogen (secondary N) is 1. The molecule has 0 bridgehead atoms. The number of hydrogen-bond acceptors (Lipinski definition) is 3. The summed E-state index contributed by atoms with van der Waals surface area (Å²) >= 11 is 2.15. The van der Waals surface area contributed by atoms with Crippen LogP contribution in [0, 0.1) is 0 Å². The second kappa shape index (κ2) is 6.08. The van der Waals surface area contributed by atoms with Crippen LogP contribution in [0.3, 0.4) is 0 Å². The molecule has 1 aliphatic carbocycles. The lowest BCUT2D eigenvalue weighted by molar-refractivity contribution is 0.127. The molecule has 1 N–H and O–H groups in total. The van der Waals surface area contributed by atoms with Crippen molar-refractivity contribution in [1.29, 1.82) is 0 Å². The second-order valence-corrected chi connectivity index (χ2v) is 7.59. The summed E-state index contributed by atoms with van der Waals surface area (Å²) in [5.74, 6) is 0.658. The summed E-state index contributed by atoms with van der Waals surface area (Å²) in [6.07, 6.45) is 2.87. The second-order valence-electron chi connectivity index (χ2n) is 6.11. The van der Waals surface area contributed by atoms with Crippen molar-refractivity contribution in [2.45, 2.75) is 55.3 Å². The van der Waals surface area contributed by atoms with Crippen LogP contribution in [0.25, 0.3) is 0 Å². The van der Waals surface area contributed by atoms with Crippen molar-refractivity contribution in [2.24, 2.45) is 0 Å². The van der Waals surface area contributed by atoms with Crippen molar-refractivity contribution in [3.63, 3.8) is 0 Å². The molecule has 1 fully saturated rings. The lowest BCUT2D eigenvalue weighted by Crippen LogP contribution is -2.35. The van der Waals surface area contributed by atoms with Gasteiger partial charge in [0.2, 0.25) is 0 Å². The van der Waals surface area contributed by atoms with Gasteiger partial charge in [-0.15, -0.1) is 0 Å². The van der Waals surface area contributed by atoms with Crippen LogP contribution in [0.4, 0.5) is 0 Å². The topological polar surface area (TPSA) is 21.3 Å². The zero-order valence-corrected chi connectivity index (χ0v) is 13.5. The van der Waals surface area contributed by atoms with Crippen LogP contribution < -0.4 is 5.32 Å². The van der Waals surface area contributed by atoms with E-state index in [2.05, 4.69) is 62.2 Å². The van der Waals surface area contributed by atoms with E-state index < -0.39 is 0 Å². The maximum Gasteiger partial charge on any atom is 0.0666 e. The van der Waals surface area contributed by atoms with Crippen molar-refractivity contribution < 1.29 is 4.74 Å². The Morgan fingerprint density at radius 1 is 1.15 bits per heavy atom. The van der Waals surface area contributed by atoms with Gasteiger partial charge in [0.15, 0.2) is 0 Å². The predicted octanol–water partition coefficient (Wildman–Crippen LogP) is 3.73. The summed E-state index contributed by atoms with van der Waals surface area (Å²) in [4.78, 5) is 0. The SMILES string of the molecule is CNC1c2ccccc2C(C)CC1SC1CCOC1C. The van der Waals surface area contributed by atoms with E-state index in [4.69, 9.17) is 4.74 Å². The molecule has 0 spiro atoms. The van der Waals surface area contributed by atoms with E-state index >= 15 is 0 Å². The fourth-order valence-electron chi connectivity index (χ4n) is 3.65. The molecular weight excluding hydrogens is 266 g/mol. The van der Waals surface area contributed by atoms with Crippen molar-refractivity contribution in [3.8, 4) is 0 Å². The molecule has 1 heterocycles. The van der Waals surface area contributed by atoms with E-state index in [1.807, 2.05) is 0 Å². The van der Waals surface area contributed by atoms with Crippen LogP contribution in [-0.4, -0.2) is 30.3 Å². The van der Waals surface area contributed by atoms with Crippen molar-refractivity contribution in [1.82, 2.24) is 5.32 Å².